The second kappa shape index (κ2) is 14.3. The highest BCUT2D eigenvalue weighted by Crippen LogP contribution is 2.28. The number of carbonyl (C=O) groups is 2. The van der Waals surface area contributed by atoms with Crippen LogP contribution in [0, 0.1) is 0 Å². The molecule has 3 aromatic rings. The minimum atomic E-state index is -1.03. The Morgan fingerprint density at radius 1 is 0.949 bits per heavy atom. The summed E-state index contributed by atoms with van der Waals surface area (Å²) in [6, 6.07) is 26.8. The number of carbonyl (C=O) groups excluding carboxylic acids is 1. The predicted octanol–water partition coefficient (Wildman–Crippen LogP) is 5.29. The minimum absolute atomic E-state index is 0.128. The van der Waals surface area contributed by atoms with Crippen molar-refractivity contribution in [3.8, 4) is 0 Å². The molecule has 0 aliphatic carbocycles. The third kappa shape index (κ3) is 8.53. The monoisotopic (exact) mass is 526 g/mol. The second-order valence-electron chi connectivity index (χ2n) is 10.0. The van der Waals surface area contributed by atoms with E-state index in [9.17, 15) is 14.7 Å². The lowest BCUT2D eigenvalue weighted by atomic mass is 9.88. The summed E-state index contributed by atoms with van der Waals surface area (Å²) in [7, 11) is 0. The first-order valence-electron chi connectivity index (χ1n) is 13.6. The molecular weight excluding hydrogens is 488 g/mol. The normalized spacial score (nSPS) is 14.0. The van der Waals surface area contributed by atoms with Gasteiger partial charge >= 0.3 is 12.0 Å². The zero-order valence-electron chi connectivity index (χ0n) is 22.4. The zero-order valence-corrected chi connectivity index (χ0v) is 22.4. The van der Waals surface area contributed by atoms with Crippen LogP contribution in [0.4, 0.5) is 10.5 Å². The number of nitrogens with zero attached hydrogens (tertiary/aromatic N) is 2. The average Bonchev–Trinajstić information content (AvgIpc) is 3.22. The van der Waals surface area contributed by atoms with Crippen molar-refractivity contribution < 1.29 is 14.7 Å². The van der Waals surface area contributed by atoms with Gasteiger partial charge in [0.05, 0.1) is 5.56 Å². The second-order valence-corrected chi connectivity index (χ2v) is 10.0. The van der Waals surface area contributed by atoms with Gasteiger partial charge in [0.1, 0.15) is 0 Å². The summed E-state index contributed by atoms with van der Waals surface area (Å²) in [5.74, 6) is -0.903. The molecule has 7 heteroatoms. The third-order valence-electron chi connectivity index (χ3n) is 7.03. The van der Waals surface area contributed by atoms with E-state index in [-0.39, 0.29) is 17.5 Å². The minimum Gasteiger partial charge on any atom is -0.478 e. The van der Waals surface area contributed by atoms with E-state index in [1.54, 1.807) is 17.0 Å². The van der Waals surface area contributed by atoms with Gasteiger partial charge in [0.15, 0.2) is 0 Å². The number of rotatable bonds is 11. The first-order chi connectivity index (χ1) is 19.0. The van der Waals surface area contributed by atoms with Gasteiger partial charge in [-0.25, -0.2) is 9.59 Å². The Morgan fingerprint density at radius 3 is 2.31 bits per heavy atom. The number of urea groups is 1. The number of nitrogens with one attached hydrogen (secondary N) is 2. The number of aromatic carboxylic acids is 1. The van der Waals surface area contributed by atoms with E-state index >= 15 is 0 Å². The Hall–Kier alpha value is -3.94. The molecule has 0 saturated carbocycles. The fourth-order valence-corrected chi connectivity index (χ4v) is 5.06. The fourth-order valence-electron chi connectivity index (χ4n) is 5.06. The van der Waals surface area contributed by atoms with E-state index in [0.29, 0.717) is 18.8 Å². The van der Waals surface area contributed by atoms with Gasteiger partial charge in [-0.05, 0) is 60.8 Å². The van der Waals surface area contributed by atoms with Crippen LogP contribution in [0.5, 0.6) is 0 Å². The quantitative estimate of drug-likeness (QED) is 0.296. The maximum atomic E-state index is 13.6. The van der Waals surface area contributed by atoms with Gasteiger partial charge in [-0.1, -0.05) is 73.3 Å². The van der Waals surface area contributed by atoms with Crippen LogP contribution in [0.25, 0.3) is 0 Å². The number of anilines is 1. The molecule has 0 spiro atoms. The third-order valence-corrected chi connectivity index (χ3v) is 7.03. The molecule has 3 aromatic carbocycles. The lowest BCUT2D eigenvalue weighted by Crippen LogP contribution is -2.40. The maximum absolute atomic E-state index is 13.6. The van der Waals surface area contributed by atoms with E-state index in [2.05, 4.69) is 46.4 Å². The molecule has 4 rings (SSSR count). The fraction of sp³-hybridized carbons (Fsp3) is 0.312. The number of carboxylic acids is 1. The van der Waals surface area contributed by atoms with E-state index in [0.717, 1.165) is 51.1 Å². The molecule has 204 valence electrons. The van der Waals surface area contributed by atoms with Gasteiger partial charge in [0, 0.05) is 44.3 Å². The number of hydrogen-bond donors (Lipinski definition) is 3. The van der Waals surface area contributed by atoms with Crippen molar-refractivity contribution in [2.24, 2.45) is 0 Å². The Kier molecular flexibility index (Phi) is 10.3. The highest BCUT2D eigenvalue weighted by molar-refractivity contribution is 5.93. The van der Waals surface area contributed by atoms with Crippen molar-refractivity contribution in [3.63, 3.8) is 0 Å². The van der Waals surface area contributed by atoms with Crippen LogP contribution in [-0.4, -0.2) is 72.7 Å². The molecule has 1 fully saturated rings. The van der Waals surface area contributed by atoms with Crippen molar-refractivity contribution in [1.82, 2.24) is 15.1 Å². The lowest BCUT2D eigenvalue weighted by Gasteiger charge is -2.29. The summed E-state index contributed by atoms with van der Waals surface area (Å²) in [5, 5.41) is 15.7. The number of hydrogen-bond acceptors (Lipinski definition) is 4. The predicted molar refractivity (Wildman–Crippen MR) is 156 cm³/mol. The summed E-state index contributed by atoms with van der Waals surface area (Å²) in [4.78, 5) is 29.2. The van der Waals surface area contributed by atoms with Gasteiger partial charge in [0.25, 0.3) is 0 Å². The first-order valence-corrected chi connectivity index (χ1v) is 13.6. The zero-order chi connectivity index (χ0) is 27.5. The maximum Gasteiger partial charge on any atom is 0.335 e. The first kappa shape index (κ1) is 28.1. The number of amides is 2. The SMILES string of the molecule is C=C(CN1CCCNCC1)CN(CCC(c1ccccc1)c1ccccc1)C(=O)Nc1cccc(C(=O)O)c1. The lowest BCUT2D eigenvalue weighted by molar-refractivity contribution is 0.0697. The van der Waals surface area contributed by atoms with Crippen molar-refractivity contribution in [2.45, 2.75) is 18.8 Å². The van der Waals surface area contributed by atoms with Gasteiger partial charge in [-0.3, -0.25) is 4.90 Å². The van der Waals surface area contributed by atoms with E-state index in [1.807, 2.05) is 36.4 Å². The average molecular weight is 527 g/mol. The molecule has 3 N–H and O–H groups in total. The molecule has 0 radical (unpaired) electrons. The molecular formula is C32H38N4O3. The van der Waals surface area contributed by atoms with E-state index < -0.39 is 5.97 Å². The van der Waals surface area contributed by atoms with E-state index in [4.69, 9.17) is 0 Å². The van der Waals surface area contributed by atoms with Gasteiger partial charge < -0.3 is 20.6 Å². The molecule has 7 nitrogen and oxygen atoms in total. The topological polar surface area (TPSA) is 84.9 Å². The Balaban J connectivity index is 1.51. The largest absolute Gasteiger partial charge is 0.478 e. The summed E-state index contributed by atoms with van der Waals surface area (Å²) >= 11 is 0. The molecule has 1 heterocycles. The van der Waals surface area contributed by atoms with Crippen LogP contribution in [0.15, 0.2) is 97.1 Å². The molecule has 0 aromatic heterocycles. The number of carboxylic acid groups (broad SMARTS) is 1. The summed E-state index contributed by atoms with van der Waals surface area (Å²) in [5.41, 5.74) is 3.97. The van der Waals surface area contributed by atoms with Gasteiger partial charge in [-0.2, -0.15) is 0 Å². The Labute approximate surface area is 231 Å². The molecule has 0 unspecified atom stereocenters. The smallest absolute Gasteiger partial charge is 0.335 e. The molecule has 2 amide bonds. The van der Waals surface area contributed by atoms with Gasteiger partial charge in [-0.15, -0.1) is 0 Å². The van der Waals surface area contributed by atoms with Crippen molar-refractivity contribution in [3.05, 3.63) is 114 Å². The van der Waals surface area contributed by atoms with Crippen LogP contribution >= 0.6 is 0 Å². The molecule has 1 aliphatic heterocycles. The summed E-state index contributed by atoms with van der Waals surface area (Å²) < 4.78 is 0. The van der Waals surface area contributed by atoms with E-state index in [1.165, 1.54) is 23.3 Å². The number of benzene rings is 3. The molecule has 1 aliphatic rings. The van der Waals surface area contributed by atoms with Crippen molar-refractivity contribution in [2.75, 3.05) is 51.1 Å². The van der Waals surface area contributed by atoms with Gasteiger partial charge in [0.2, 0.25) is 0 Å². The van der Waals surface area contributed by atoms with Crippen molar-refractivity contribution >= 4 is 17.7 Å². The van der Waals surface area contributed by atoms with Crippen LogP contribution in [0.2, 0.25) is 0 Å². The van der Waals surface area contributed by atoms with Crippen LogP contribution in [-0.2, 0) is 0 Å². The summed E-state index contributed by atoms with van der Waals surface area (Å²) in [6.45, 7) is 9.93. The van der Waals surface area contributed by atoms with Crippen LogP contribution in [0.1, 0.15) is 40.2 Å². The van der Waals surface area contributed by atoms with Crippen molar-refractivity contribution in [1.29, 1.82) is 0 Å². The summed E-state index contributed by atoms with van der Waals surface area (Å²) in [6.07, 6.45) is 1.82. The standard InChI is InChI=1S/C32H38N4O3/c1-25(23-35-19-9-17-33-18-21-35)24-36(32(39)34-29-15-8-14-28(22-29)31(37)38)20-16-30(26-10-4-2-5-11-26)27-12-6-3-7-13-27/h2-8,10-15,22,30,33H,1,9,16-21,23-24H2,(H,34,39)(H,37,38). The Bertz CT molecular complexity index is 1180. The van der Waals surface area contributed by atoms with Crippen LogP contribution in [0.3, 0.4) is 0 Å². The highest BCUT2D eigenvalue weighted by atomic mass is 16.4. The molecule has 0 bridgehead atoms. The Morgan fingerprint density at radius 2 is 1.64 bits per heavy atom. The molecule has 0 atom stereocenters. The highest BCUT2D eigenvalue weighted by Gasteiger charge is 2.21. The van der Waals surface area contributed by atoms with Crippen LogP contribution < -0.4 is 10.6 Å². The molecule has 39 heavy (non-hydrogen) atoms. The molecule has 1 saturated heterocycles.